The van der Waals surface area contributed by atoms with Crippen LogP contribution in [0.2, 0.25) is 0 Å². The summed E-state index contributed by atoms with van der Waals surface area (Å²) in [6.45, 7) is 15.8. The van der Waals surface area contributed by atoms with Gasteiger partial charge in [0.05, 0.1) is 22.3 Å². The number of nitrogens with one attached hydrogen (secondary N) is 4. The van der Waals surface area contributed by atoms with E-state index in [4.69, 9.17) is 18.9 Å². The number of rotatable bonds is 8. The maximum absolute atomic E-state index is 13.7. The number of carbonyl (C=O) groups excluding carboxylic acids is 4. The van der Waals surface area contributed by atoms with E-state index < -0.39 is 11.8 Å². The van der Waals surface area contributed by atoms with Gasteiger partial charge in [0.1, 0.15) is 0 Å². The van der Waals surface area contributed by atoms with Gasteiger partial charge in [0, 0.05) is 34.2 Å². The summed E-state index contributed by atoms with van der Waals surface area (Å²) in [6, 6.07) is 16.7. The van der Waals surface area contributed by atoms with Crippen LogP contribution < -0.4 is 40.2 Å². The van der Waals surface area contributed by atoms with Crippen molar-refractivity contribution in [3.63, 3.8) is 0 Å². The lowest BCUT2D eigenvalue weighted by Crippen LogP contribution is -2.41. The first-order chi connectivity index (χ1) is 24.5. The molecule has 2 atom stereocenters. The number of anilines is 2. The van der Waals surface area contributed by atoms with E-state index >= 15 is 0 Å². The van der Waals surface area contributed by atoms with Gasteiger partial charge in [-0.1, -0.05) is 65.8 Å². The lowest BCUT2D eigenvalue weighted by molar-refractivity contribution is 0.0897. The first-order valence-corrected chi connectivity index (χ1v) is 17.2. The van der Waals surface area contributed by atoms with Crippen LogP contribution in [0.1, 0.15) is 96.8 Å². The first-order valence-electron chi connectivity index (χ1n) is 17.2. The van der Waals surface area contributed by atoms with Crippen molar-refractivity contribution in [2.45, 2.75) is 67.5 Å². The Morgan fingerprint density at radius 2 is 0.808 bits per heavy atom. The maximum Gasteiger partial charge on any atom is 0.259 e. The number of fused-ring (bicyclic) bond motifs is 3. The van der Waals surface area contributed by atoms with Gasteiger partial charge in [-0.2, -0.15) is 0 Å². The highest BCUT2D eigenvalue weighted by molar-refractivity contribution is 6.16. The molecule has 52 heavy (non-hydrogen) atoms. The molecule has 0 saturated heterocycles. The minimum Gasteiger partial charge on any atom is -0.453 e. The molecule has 4 aromatic carbocycles. The van der Waals surface area contributed by atoms with E-state index in [1.807, 2.05) is 67.5 Å². The SMILES string of the molecule is C[C@@H](NC(=O)c1ccc(C(=O)Nc2cccc3c(NC(=O)c4ccc(C(=O)N[C@H](C)C(C)(C)C)c5c4OCO5)cccc23)c2c1OCO2)C(C)(C)C. The zero-order valence-electron chi connectivity index (χ0n) is 30.6. The largest absolute Gasteiger partial charge is 0.453 e. The molecule has 0 saturated carbocycles. The van der Waals surface area contributed by atoms with E-state index in [-0.39, 0.29) is 93.6 Å². The molecule has 0 fully saturated rings. The van der Waals surface area contributed by atoms with Crippen LogP contribution in [-0.2, 0) is 0 Å². The minimum absolute atomic E-state index is 0.119. The van der Waals surface area contributed by atoms with Gasteiger partial charge >= 0.3 is 0 Å². The summed E-state index contributed by atoms with van der Waals surface area (Å²) in [4.78, 5) is 53.6. The van der Waals surface area contributed by atoms with Crippen LogP contribution in [0.25, 0.3) is 10.8 Å². The van der Waals surface area contributed by atoms with Crippen LogP contribution in [0, 0.1) is 10.8 Å². The molecule has 0 unspecified atom stereocenters. The average molecular weight is 709 g/mol. The molecule has 0 bridgehead atoms. The second-order valence-electron chi connectivity index (χ2n) is 15.2. The molecule has 0 spiro atoms. The number of amides is 4. The predicted octanol–water partition coefficient (Wildman–Crippen LogP) is 7.13. The number of hydrogen-bond donors (Lipinski definition) is 4. The summed E-state index contributed by atoms with van der Waals surface area (Å²) in [7, 11) is 0. The Labute approximate surface area is 302 Å². The molecular formula is C40H44N4O8. The highest BCUT2D eigenvalue weighted by Gasteiger charge is 2.32. The third-order valence-electron chi connectivity index (χ3n) is 9.73. The van der Waals surface area contributed by atoms with E-state index in [1.54, 1.807) is 48.5 Å². The number of carbonyl (C=O) groups is 4. The van der Waals surface area contributed by atoms with E-state index in [9.17, 15) is 19.2 Å². The lowest BCUT2D eigenvalue weighted by atomic mass is 9.88. The second kappa shape index (κ2) is 13.7. The van der Waals surface area contributed by atoms with Gasteiger partial charge in [0.25, 0.3) is 23.6 Å². The van der Waals surface area contributed by atoms with Crippen molar-refractivity contribution in [2.75, 3.05) is 24.2 Å². The van der Waals surface area contributed by atoms with Crippen molar-refractivity contribution in [3.05, 3.63) is 82.9 Å². The standard InChI is InChI=1S/C40H44N4O8/c1-21(39(3,4)5)41-35(45)25-15-17-27(33-31(25)49-19-51-33)37(47)43-29-13-9-12-24-23(29)11-10-14-30(24)44-38(48)28-18-16-26(32-34(28)52-20-50-32)36(46)42-22(2)40(6,7)8/h9-18,21-22H,19-20H2,1-8H3,(H,41,45)(H,42,46)(H,43,47)(H,44,48)/t21-,22-/m1/s1. The fraction of sp³-hybridized carbons (Fsp3) is 0.350. The normalized spacial score (nSPS) is 14.4. The highest BCUT2D eigenvalue weighted by Crippen LogP contribution is 2.41. The minimum atomic E-state index is -0.465. The molecule has 4 N–H and O–H groups in total. The molecule has 0 aliphatic carbocycles. The summed E-state index contributed by atoms with van der Waals surface area (Å²) in [5.74, 6) is -0.779. The van der Waals surface area contributed by atoms with Gasteiger partial charge in [0.2, 0.25) is 13.6 Å². The molecule has 0 radical (unpaired) electrons. The van der Waals surface area contributed by atoms with Gasteiger partial charge in [-0.3, -0.25) is 19.2 Å². The van der Waals surface area contributed by atoms with Gasteiger partial charge in [-0.25, -0.2) is 0 Å². The van der Waals surface area contributed by atoms with Gasteiger partial charge in [0.15, 0.2) is 23.0 Å². The fourth-order valence-corrected chi connectivity index (χ4v) is 5.60. The Hall–Kier alpha value is -5.78. The summed E-state index contributed by atoms with van der Waals surface area (Å²) in [5, 5.41) is 13.2. The van der Waals surface area contributed by atoms with Crippen molar-refractivity contribution < 1.29 is 38.1 Å². The molecule has 12 nitrogen and oxygen atoms in total. The monoisotopic (exact) mass is 708 g/mol. The van der Waals surface area contributed by atoms with Crippen molar-refractivity contribution in [1.29, 1.82) is 0 Å². The molecule has 2 aliphatic rings. The molecule has 4 aromatic rings. The van der Waals surface area contributed by atoms with Crippen molar-refractivity contribution in [1.82, 2.24) is 10.6 Å². The van der Waals surface area contributed by atoms with Gasteiger partial charge in [-0.05, 0) is 61.1 Å². The molecule has 6 rings (SSSR count). The van der Waals surface area contributed by atoms with E-state index in [2.05, 4.69) is 21.3 Å². The number of benzene rings is 4. The van der Waals surface area contributed by atoms with Crippen molar-refractivity contribution in [2.24, 2.45) is 10.8 Å². The molecule has 0 aromatic heterocycles. The topological polar surface area (TPSA) is 153 Å². The van der Waals surface area contributed by atoms with Crippen LogP contribution in [0.3, 0.4) is 0 Å². The van der Waals surface area contributed by atoms with Crippen LogP contribution >= 0.6 is 0 Å². The van der Waals surface area contributed by atoms with E-state index in [0.29, 0.717) is 22.1 Å². The molecule has 12 heteroatoms. The molecule has 2 aliphatic heterocycles. The molecular weight excluding hydrogens is 664 g/mol. The zero-order chi connectivity index (χ0) is 37.5. The van der Waals surface area contributed by atoms with Crippen LogP contribution in [-0.4, -0.2) is 49.3 Å². The van der Waals surface area contributed by atoms with Crippen LogP contribution in [0.4, 0.5) is 11.4 Å². The Bertz CT molecular complexity index is 1950. The quantitative estimate of drug-likeness (QED) is 0.151. The average Bonchev–Trinajstić information content (AvgIpc) is 3.78. The Kier molecular flexibility index (Phi) is 9.52. The summed E-state index contributed by atoms with van der Waals surface area (Å²) >= 11 is 0. The third kappa shape index (κ3) is 7.05. The lowest BCUT2D eigenvalue weighted by Gasteiger charge is -2.28. The van der Waals surface area contributed by atoms with Crippen LogP contribution in [0.5, 0.6) is 23.0 Å². The number of ether oxygens (including phenoxy) is 4. The van der Waals surface area contributed by atoms with Gasteiger partial charge in [-0.15, -0.1) is 0 Å². The smallest absolute Gasteiger partial charge is 0.259 e. The van der Waals surface area contributed by atoms with E-state index in [0.717, 1.165) is 0 Å². The first kappa shape index (κ1) is 36.0. The van der Waals surface area contributed by atoms with Gasteiger partial charge < -0.3 is 40.2 Å². The summed E-state index contributed by atoms with van der Waals surface area (Å²) in [6.07, 6.45) is 0. The molecule has 272 valence electrons. The summed E-state index contributed by atoms with van der Waals surface area (Å²) in [5.41, 5.74) is 1.63. The molecule has 4 amide bonds. The highest BCUT2D eigenvalue weighted by atomic mass is 16.7. The van der Waals surface area contributed by atoms with Crippen LogP contribution in [0.15, 0.2) is 60.7 Å². The fourth-order valence-electron chi connectivity index (χ4n) is 5.60. The number of hydrogen-bond acceptors (Lipinski definition) is 8. The molecule has 2 heterocycles. The zero-order valence-corrected chi connectivity index (χ0v) is 30.6. The van der Waals surface area contributed by atoms with E-state index in [1.165, 1.54) is 0 Å². The van der Waals surface area contributed by atoms with Crippen molar-refractivity contribution in [3.8, 4) is 23.0 Å². The third-order valence-corrected chi connectivity index (χ3v) is 9.73. The summed E-state index contributed by atoms with van der Waals surface area (Å²) < 4.78 is 22.7. The Morgan fingerprint density at radius 3 is 1.12 bits per heavy atom. The maximum atomic E-state index is 13.7. The predicted molar refractivity (Wildman–Crippen MR) is 198 cm³/mol. The van der Waals surface area contributed by atoms with Crippen molar-refractivity contribution >= 4 is 45.8 Å². The Balaban J connectivity index is 1.22. The Morgan fingerprint density at radius 1 is 0.500 bits per heavy atom. The second-order valence-corrected chi connectivity index (χ2v) is 15.2.